The van der Waals surface area contributed by atoms with Crippen molar-refractivity contribution in [2.75, 3.05) is 5.32 Å². The molecule has 1 amide bonds. The number of carbonyl (C=O) groups excluding carboxylic acids is 1. The lowest BCUT2D eigenvalue weighted by molar-refractivity contribution is -0.118. The fourth-order valence-electron chi connectivity index (χ4n) is 5.47. The Morgan fingerprint density at radius 1 is 1.10 bits per heavy atom. The summed E-state index contributed by atoms with van der Waals surface area (Å²) in [6.45, 7) is 5.84. The van der Waals surface area contributed by atoms with Crippen LogP contribution in [0.2, 0.25) is 10.0 Å². The molecule has 3 N–H and O–H groups in total. The van der Waals surface area contributed by atoms with Gasteiger partial charge in [0.15, 0.2) is 0 Å². The largest absolute Gasteiger partial charge is 0.478 e. The van der Waals surface area contributed by atoms with Gasteiger partial charge in [-0.15, -0.1) is 0 Å². The van der Waals surface area contributed by atoms with E-state index in [4.69, 9.17) is 23.2 Å². The van der Waals surface area contributed by atoms with Crippen LogP contribution in [0.4, 0.5) is 14.5 Å². The van der Waals surface area contributed by atoms with Gasteiger partial charge in [-0.2, -0.15) is 5.26 Å². The number of carboxylic acids is 1. The second-order valence-corrected chi connectivity index (χ2v) is 11.9. The van der Waals surface area contributed by atoms with Crippen molar-refractivity contribution in [3.63, 3.8) is 0 Å². The molecule has 2 unspecified atom stereocenters. The van der Waals surface area contributed by atoms with Crippen molar-refractivity contribution in [2.24, 2.45) is 5.41 Å². The molecular formula is C30H27Cl2F2N3O3. The average Bonchev–Trinajstić information content (AvgIpc) is 3.19. The standard InChI is InChI=1S/C30H27Cl2F2N3O3/c1-29(2,3)14-23-30(15-35,20-12-9-17(31)13-22(20)33)24(19-5-4-6-21(32)25(19)34)26(37-23)27(38)36-18-10-7-16(8-11-18)28(39)40/h4-13,23-24,26,37H,14H2,1-3H3,(H,36,38)(H,39,40)/t23?,24?,26-,30+/m1/s1. The fourth-order valence-corrected chi connectivity index (χ4v) is 5.81. The molecular weight excluding hydrogens is 559 g/mol. The molecule has 1 saturated heterocycles. The molecule has 208 valence electrons. The Labute approximate surface area is 240 Å². The quantitative estimate of drug-likeness (QED) is 0.291. The van der Waals surface area contributed by atoms with Gasteiger partial charge in [-0.3, -0.25) is 4.79 Å². The zero-order chi connectivity index (χ0) is 29.4. The van der Waals surface area contributed by atoms with Crippen LogP contribution < -0.4 is 10.6 Å². The van der Waals surface area contributed by atoms with Crippen molar-refractivity contribution >= 4 is 40.8 Å². The van der Waals surface area contributed by atoms with Gasteiger partial charge in [0.05, 0.1) is 22.7 Å². The maximum Gasteiger partial charge on any atom is 0.335 e. The van der Waals surface area contributed by atoms with Crippen LogP contribution in [0.5, 0.6) is 0 Å². The average molecular weight is 586 g/mol. The second-order valence-electron chi connectivity index (χ2n) is 11.1. The van der Waals surface area contributed by atoms with E-state index in [0.29, 0.717) is 12.1 Å². The third kappa shape index (κ3) is 5.55. The Hall–Kier alpha value is -3.51. The van der Waals surface area contributed by atoms with Crippen LogP contribution in [0.25, 0.3) is 0 Å². The molecule has 0 aliphatic carbocycles. The van der Waals surface area contributed by atoms with Gasteiger partial charge in [0.25, 0.3) is 0 Å². The molecule has 0 spiro atoms. The number of benzene rings is 3. The van der Waals surface area contributed by atoms with Gasteiger partial charge in [0, 0.05) is 28.2 Å². The summed E-state index contributed by atoms with van der Waals surface area (Å²) in [5.74, 6) is -4.52. The van der Waals surface area contributed by atoms with Gasteiger partial charge in [-0.25, -0.2) is 13.6 Å². The minimum Gasteiger partial charge on any atom is -0.478 e. The molecule has 1 aliphatic heterocycles. The topological polar surface area (TPSA) is 102 Å². The van der Waals surface area contributed by atoms with Crippen molar-refractivity contribution in [3.8, 4) is 6.07 Å². The van der Waals surface area contributed by atoms with E-state index in [1.54, 1.807) is 0 Å². The Kier molecular flexibility index (Phi) is 8.23. The number of carbonyl (C=O) groups is 2. The van der Waals surface area contributed by atoms with Crippen LogP contribution in [-0.4, -0.2) is 29.1 Å². The van der Waals surface area contributed by atoms with E-state index in [-0.39, 0.29) is 32.2 Å². The highest BCUT2D eigenvalue weighted by atomic mass is 35.5. The van der Waals surface area contributed by atoms with E-state index in [1.807, 2.05) is 20.8 Å². The maximum absolute atomic E-state index is 15.7. The van der Waals surface area contributed by atoms with Crippen molar-refractivity contribution in [2.45, 2.75) is 50.6 Å². The summed E-state index contributed by atoms with van der Waals surface area (Å²) < 4.78 is 31.3. The molecule has 0 bridgehead atoms. The molecule has 6 nitrogen and oxygen atoms in total. The molecule has 3 aromatic rings. The second kappa shape index (κ2) is 11.2. The number of nitrogens with zero attached hydrogens (tertiary/aromatic N) is 1. The minimum absolute atomic E-state index is 0.0197. The SMILES string of the molecule is CC(C)(C)CC1N[C@@H](C(=O)Nc2ccc(C(=O)O)cc2)C(c2cccc(Cl)c2F)[C@@]1(C#N)c1ccc(Cl)cc1F. The van der Waals surface area contributed by atoms with E-state index < -0.39 is 46.9 Å². The molecule has 3 aromatic carbocycles. The smallest absolute Gasteiger partial charge is 0.335 e. The van der Waals surface area contributed by atoms with Crippen molar-refractivity contribution in [3.05, 3.63) is 99.0 Å². The molecule has 0 radical (unpaired) electrons. The monoisotopic (exact) mass is 585 g/mol. The molecule has 40 heavy (non-hydrogen) atoms. The molecule has 1 heterocycles. The first-order chi connectivity index (χ1) is 18.8. The number of aromatic carboxylic acids is 1. The summed E-state index contributed by atoms with van der Waals surface area (Å²) in [7, 11) is 0. The Balaban J connectivity index is 1.92. The summed E-state index contributed by atoms with van der Waals surface area (Å²) in [6.07, 6.45) is 0.332. The number of nitrogens with one attached hydrogen (secondary N) is 2. The Morgan fingerprint density at radius 2 is 1.77 bits per heavy atom. The van der Waals surface area contributed by atoms with Gasteiger partial charge >= 0.3 is 5.97 Å². The van der Waals surface area contributed by atoms with E-state index in [2.05, 4.69) is 16.7 Å². The van der Waals surface area contributed by atoms with Gasteiger partial charge in [-0.1, -0.05) is 62.2 Å². The van der Waals surface area contributed by atoms with Crippen molar-refractivity contribution < 1.29 is 23.5 Å². The molecule has 4 rings (SSSR count). The lowest BCUT2D eigenvalue weighted by Crippen LogP contribution is -2.45. The number of amides is 1. The highest BCUT2D eigenvalue weighted by Gasteiger charge is 2.61. The number of nitriles is 1. The van der Waals surface area contributed by atoms with Gasteiger partial charge in [0.2, 0.25) is 5.91 Å². The van der Waals surface area contributed by atoms with Gasteiger partial charge in [0.1, 0.15) is 17.0 Å². The first-order valence-corrected chi connectivity index (χ1v) is 13.2. The number of halogens is 4. The lowest BCUT2D eigenvalue weighted by Gasteiger charge is -2.37. The van der Waals surface area contributed by atoms with Crippen molar-refractivity contribution in [1.82, 2.24) is 5.32 Å². The van der Waals surface area contributed by atoms with Gasteiger partial charge < -0.3 is 15.7 Å². The van der Waals surface area contributed by atoms with Crippen LogP contribution >= 0.6 is 23.2 Å². The van der Waals surface area contributed by atoms with Crippen LogP contribution in [0.3, 0.4) is 0 Å². The lowest BCUT2D eigenvalue weighted by atomic mass is 9.62. The summed E-state index contributed by atoms with van der Waals surface area (Å²) in [5, 5.41) is 25.9. The highest BCUT2D eigenvalue weighted by molar-refractivity contribution is 6.31. The van der Waals surface area contributed by atoms with E-state index in [0.717, 1.165) is 6.07 Å². The summed E-state index contributed by atoms with van der Waals surface area (Å²) in [5.41, 5.74) is -1.84. The number of hydrogen-bond donors (Lipinski definition) is 3. The zero-order valence-corrected chi connectivity index (χ0v) is 23.4. The van der Waals surface area contributed by atoms with Crippen molar-refractivity contribution in [1.29, 1.82) is 5.26 Å². The molecule has 1 fully saturated rings. The fraction of sp³-hybridized carbons (Fsp3) is 0.300. The first-order valence-electron chi connectivity index (χ1n) is 12.5. The number of hydrogen-bond acceptors (Lipinski definition) is 4. The molecule has 4 atom stereocenters. The maximum atomic E-state index is 15.7. The Morgan fingerprint density at radius 3 is 2.35 bits per heavy atom. The first kappa shape index (κ1) is 29.5. The molecule has 1 aliphatic rings. The highest BCUT2D eigenvalue weighted by Crippen LogP contribution is 2.52. The number of carboxylic acid groups (broad SMARTS) is 1. The van der Waals surface area contributed by atoms with Crippen LogP contribution in [-0.2, 0) is 10.2 Å². The Bertz CT molecular complexity index is 1500. The predicted molar refractivity (Wildman–Crippen MR) is 150 cm³/mol. The normalized spacial score (nSPS) is 22.5. The van der Waals surface area contributed by atoms with E-state index in [9.17, 15) is 20.0 Å². The van der Waals surface area contributed by atoms with E-state index >= 15 is 8.78 Å². The number of rotatable bonds is 6. The molecule has 0 saturated carbocycles. The third-order valence-electron chi connectivity index (χ3n) is 7.13. The van der Waals surface area contributed by atoms with E-state index in [1.165, 1.54) is 54.6 Å². The van der Waals surface area contributed by atoms with Crippen LogP contribution in [0.15, 0.2) is 60.7 Å². The minimum atomic E-state index is -1.75. The third-order valence-corrected chi connectivity index (χ3v) is 7.66. The zero-order valence-electron chi connectivity index (χ0n) is 21.9. The van der Waals surface area contributed by atoms with Gasteiger partial charge in [-0.05, 0) is 59.9 Å². The summed E-state index contributed by atoms with van der Waals surface area (Å²) in [6, 6.07) is 14.1. The number of anilines is 1. The summed E-state index contributed by atoms with van der Waals surface area (Å²) in [4.78, 5) is 25.1. The summed E-state index contributed by atoms with van der Waals surface area (Å²) >= 11 is 12.2. The molecule has 0 aromatic heterocycles. The van der Waals surface area contributed by atoms with Crippen LogP contribution in [0, 0.1) is 28.4 Å². The van der Waals surface area contributed by atoms with Crippen LogP contribution in [0.1, 0.15) is 54.6 Å². The molecule has 10 heteroatoms. The predicted octanol–water partition coefficient (Wildman–Crippen LogP) is 6.93.